The van der Waals surface area contributed by atoms with E-state index in [9.17, 15) is 0 Å². The molecule has 5 heteroatoms. The molecule has 0 aromatic carbocycles. The Kier molecular flexibility index (Phi) is 8.27. The van der Waals surface area contributed by atoms with E-state index in [1.807, 2.05) is 0 Å². The van der Waals surface area contributed by atoms with E-state index in [2.05, 4.69) is 4.99 Å². The first-order valence-electron chi connectivity index (χ1n) is 5.37. The Labute approximate surface area is 91.2 Å². The lowest BCUT2D eigenvalue weighted by Crippen LogP contribution is -2.27. The average molecular weight is 217 g/mol. The van der Waals surface area contributed by atoms with Crippen LogP contribution in [0.15, 0.2) is 4.99 Å². The second-order valence-corrected chi connectivity index (χ2v) is 3.85. The summed E-state index contributed by atoms with van der Waals surface area (Å²) in [4.78, 5) is 4.06. The van der Waals surface area contributed by atoms with E-state index in [-0.39, 0.29) is 12.6 Å². The quantitative estimate of drug-likeness (QED) is 0.252. The van der Waals surface area contributed by atoms with Crippen LogP contribution >= 0.6 is 0 Å². The molecule has 0 amide bonds. The van der Waals surface area contributed by atoms with Crippen molar-refractivity contribution < 1.29 is 10.2 Å². The molecule has 0 saturated heterocycles. The van der Waals surface area contributed by atoms with Crippen LogP contribution in [0.1, 0.15) is 32.6 Å². The molecule has 90 valence electrons. The summed E-state index contributed by atoms with van der Waals surface area (Å²) >= 11 is 0. The Morgan fingerprint density at radius 2 is 2.07 bits per heavy atom. The minimum absolute atomic E-state index is 0.0462. The summed E-state index contributed by atoms with van der Waals surface area (Å²) in [6, 6.07) is -0.0462. The number of rotatable bonds is 8. The third kappa shape index (κ3) is 9.65. The zero-order valence-electron chi connectivity index (χ0n) is 9.39. The van der Waals surface area contributed by atoms with Gasteiger partial charge in [0.1, 0.15) is 0 Å². The molecule has 0 aromatic heterocycles. The smallest absolute Gasteiger partial charge is 0.0905 e. The number of aliphatic hydroxyl groups is 2. The Bertz CT molecular complexity index is 182. The molecule has 0 heterocycles. The van der Waals surface area contributed by atoms with Crippen molar-refractivity contribution in [2.24, 2.45) is 16.5 Å². The van der Waals surface area contributed by atoms with Crippen LogP contribution in [0.25, 0.3) is 0 Å². The zero-order valence-corrected chi connectivity index (χ0v) is 9.39. The summed E-state index contributed by atoms with van der Waals surface area (Å²) in [7, 11) is 0. The first-order valence-corrected chi connectivity index (χ1v) is 5.37. The Balaban J connectivity index is 3.39. The molecule has 5 nitrogen and oxygen atoms in total. The number of nitrogens with zero attached hydrogens (tertiary/aromatic N) is 1. The molecule has 0 bridgehead atoms. The molecular formula is C10H23N3O2. The summed E-state index contributed by atoms with van der Waals surface area (Å²) in [6.45, 7) is 2.28. The maximum absolute atomic E-state index is 9.14. The van der Waals surface area contributed by atoms with Gasteiger partial charge in [0.2, 0.25) is 0 Å². The van der Waals surface area contributed by atoms with E-state index < -0.39 is 6.10 Å². The molecule has 0 radical (unpaired) electrons. The van der Waals surface area contributed by atoms with E-state index in [1.54, 1.807) is 6.92 Å². The lowest BCUT2D eigenvalue weighted by molar-refractivity contribution is 0.0817. The molecule has 2 atom stereocenters. The Hall–Kier alpha value is -0.650. The average Bonchev–Trinajstić information content (AvgIpc) is 2.16. The number of nitrogens with two attached hydrogens (primary N) is 2. The largest absolute Gasteiger partial charge is 0.394 e. The number of aliphatic imine (C=N–C) groups is 1. The summed E-state index contributed by atoms with van der Waals surface area (Å²) < 4.78 is 0. The van der Waals surface area contributed by atoms with Crippen LogP contribution < -0.4 is 11.5 Å². The van der Waals surface area contributed by atoms with Crippen LogP contribution in [0.3, 0.4) is 0 Å². The van der Waals surface area contributed by atoms with E-state index in [4.69, 9.17) is 21.7 Å². The first kappa shape index (κ1) is 14.3. The molecule has 0 fully saturated rings. The minimum atomic E-state index is -0.690. The zero-order chi connectivity index (χ0) is 11.7. The molecule has 0 aliphatic heterocycles. The monoisotopic (exact) mass is 217 g/mol. The summed E-state index contributed by atoms with van der Waals surface area (Å²) in [6.07, 6.45) is 2.53. The van der Waals surface area contributed by atoms with Gasteiger partial charge in [0, 0.05) is 12.6 Å². The van der Waals surface area contributed by atoms with E-state index in [1.165, 1.54) is 0 Å². The molecule has 6 N–H and O–H groups in total. The third-order valence-electron chi connectivity index (χ3n) is 2.13. The highest BCUT2D eigenvalue weighted by Crippen LogP contribution is 2.05. The summed E-state index contributed by atoms with van der Waals surface area (Å²) in [5, 5.41) is 17.8. The molecule has 0 aromatic rings. The van der Waals surface area contributed by atoms with Crippen molar-refractivity contribution in [1.82, 2.24) is 0 Å². The highest BCUT2D eigenvalue weighted by molar-refractivity contribution is 5.77. The highest BCUT2D eigenvalue weighted by atomic mass is 16.3. The molecule has 15 heavy (non-hydrogen) atoms. The van der Waals surface area contributed by atoms with Crippen molar-refractivity contribution in [2.45, 2.75) is 44.8 Å². The third-order valence-corrected chi connectivity index (χ3v) is 2.13. The van der Waals surface area contributed by atoms with E-state index in [0.29, 0.717) is 12.3 Å². The topological polar surface area (TPSA) is 105 Å². The molecule has 1 unspecified atom stereocenters. The van der Waals surface area contributed by atoms with Crippen LogP contribution in [0.5, 0.6) is 0 Å². The summed E-state index contributed by atoms with van der Waals surface area (Å²) in [5.74, 6) is 0.606. The van der Waals surface area contributed by atoms with Crippen molar-refractivity contribution in [3.63, 3.8) is 0 Å². The van der Waals surface area contributed by atoms with Crippen molar-refractivity contribution in [3.05, 3.63) is 0 Å². The van der Waals surface area contributed by atoms with Gasteiger partial charge in [0.15, 0.2) is 0 Å². The first-order chi connectivity index (χ1) is 7.06. The van der Waals surface area contributed by atoms with Crippen LogP contribution in [0.4, 0.5) is 0 Å². The van der Waals surface area contributed by atoms with E-state index in [0.717, 1.165) is 25.8 Å². The van der Waals surface area contributed by atoms with Gasteiger partial charge in [0.05, 0.1) is 18.5 Å². The molecule has 0 rings (SSSR count). The maximum atomic E-state index is 9.14. The van der Waals surface area contributed by atoms with Crippen molar-refractivity contribution in [2.75, 3.05) is 13.2 Å². The number of unbranched alkanes of at least 4 members (excludes halogenated alkanes) is 1. The lowest BCUT2D eigenvalue weighted by Gasteiger charge is -2.14. The van der Waals surface area contributed by atoms with Gasteiger partial charge in [0.25, 0.3) is 0 Å². The summed E-state index contributed by atoms with van der Waals surface area (Å²) in [5.41, 5.74) is 11.1. The van der Waals surface area contributed by atoms with Crippen LogP contribution in [0, 0.1) is 0 Å². The molecule has 0 spiro atoms. The predicted molar refractivity (Wildman–Crippen MR) is 61.7 cm³/mol. The van der Waals surface area contributed by atoms with Gasteiger partial charge in [-0.3, -0.25) is 4.99 Å². The second kappa shape index (κ2) is 8.64. The van der Waals surface area contributed by atoms with Gasteiger partial charge in [-0.15, -0.1) is 0 Å². The number of amidine groups is 1. The van der Waals surface area contributed by atoms with E-state index >= 15 is 0 Å². The molecule has 0 aliphatic rings. The van der Waals surface area contributed by atoms with Gasteiger partial charge in [-0.2, -0.15) is 0 Å². The van der Waals surface area contributed by atoms with Crippen LogP contribution in [-0.2, 0) is 0 Å². The fourth-order valence-corrected chi connectivity index (χ4v) is 1.32. The van der Waals surface area contributed by atoms with Crippen LogP contribution in [-0.4, -0.2) is 41.3 Å². The molecule has 0 saturated carbocycles. The van der Waals surface area contributed by atoms with Gasteiger partial charge in [-0.25, -0.2) is 0 Å². The van der Waals surface area contributed by atoms with Gasteiger partial charge in [-0.1, -0.05) is 6.42 Å². The normalized spacial score (nSPS) is 16.4. The fraction of sp³-hybridized carbons (Fsp3) is 0.900. The maximum Gasteiger partial charge on any atom is 0.0905 e. The molecule has 0 aliphatic carbocycles. The fourth-order valence-electron chi connectivity index (χ4n) is 1.32. The Morgan fingerprint density at radius 1 is 1.40 bits per heavy atom. The minimum Gasteiger partial charge on any atom is -0.394 e. The van der Waals surface area contributed by atoms with Crippen LogP contribution in [0.2, 0.25) is 0 Å². The highest BCUT2D eigenvalue weighted by Gasteiger charge is 2.08. The number of hydrogen-bond acceptors (Lipinski definition) is 4. The molecular weight excluding hydrogens is 194 g/mol. The predicted octanol–water partition coefficient (Wildman–Crippen LogP) is -0.396. The van der Waals surface area contributed by atoms with Gasteiger partial charge >= 0.3 is 0 Å². The lowest BCUT2D eigenvalue weighted by atomic mass is 10.0. The van der Waals surface area contributed by atoms with Crippen molar-refractivity contribution >= 4 is 5.84 Å². The van der Waals surface area contributed by atoms with Crippen molar-refractivity contribution in [3.8, 4) is 0 Å². The van der Waals surface area contributed by atoms with Gasteiger partial charge < -0.3 is 21.7 Å². The second-order valence-electron chi connectivity index (χ2n) is 3.85. The number of aliphatic hydroxyl groups excluding tert-OH is 2. The standard InChI is InChI=1S/C10H23N3O2/c1-8(11)13-5-3-2-4-9(12)6-10(15)7-14/h9-10,14-15H,2-7,12H2,1H3,(H2,11,13)/t9-,10?/m0/s1. The number of hydrogen-bond donors (Lipinski definition) is 4. The van der Waals surface area contributed by atoms with Crippen molar-refractivity contribution in [1.29, 1.82) is 0 Å². The van der Waals surface area contributed by atoms with Gasteiger partial charge in [-0.05, 0) is 26.2 Å². The SMILES string of the molecule is CC(N)=NCCCC[C@H](N)CC(O)CO. The Morgan fingerprint density at radius 3 is 2.60 bits per heavy atom.